The van der Waals surface area contributed by atoms with E-state index in [0.29, 0.717) is 10.9 Å². The lowest BCUT2D eigenvalue weighted by molar-refractivity contribution is -0.154. The van der Waals surface area contributed by atoms with E-state index in [1.54, 1.807) is 18.2 Å². The molecule has 1 aromatic carbocycles. The molecule has 0 fully saturated rings. The van der Waals surface area contributed by atoms with Gasteiger partial charge in [-0.3, -0.25) is 20.4 Å². The normalized spacial score (nSPS) is 11.2. The van der Waals surface area contributed by atoms with E-state index < -0.39 is 24.6 Å². The van der Waals surface area contributed by atoms with Crippen LogP contribution in [0.1, 0.15) is 20.7 Å². The van der Waals surface area contributed by atoms with Gasteiger partial charge in [-0.15, -0.1) is 0 Å². The highest BCUT2D eigenvalue weighted by molar-refractivity contribution is 6.07. The average molecular weight is 378 g/mol. The van der Waals surface area contributed by atoms with Crippen molar-refractivity contribution in [3.05, 3.63) is 59.9 Å². The maximum absolute atomic E-state index is 12.2. The lowest BCUT2D eigenvalue weighted by Crippen LogP contribution is -2.41. The van der Waals surface area contributed by atoms with Crippen LogP contribution < -0.4 is 15.6 Å². The number of hydrogen-bond acceptors (Lipinski definition) is 4. The van der Waals surface area contributed by atoms with E-state index in [-0.39, 0.29) is 11.4 Å². The molecule has 0 spiro atoms. The number of para-hydroxylation sites is 1. The summed E-state index contributed by atoms with van der Waals surface area (Å²) in [4.78, 5) is 30.8. The third kappa shape index (κ3) is 4.54. The second-order valence-corrected chi connectivity index (χ2v) is 5.45. The largest absolute Gasteiger partial charge is 0.468 e. The summed E-state index contributed by atoms with van der Waals surface area (Å²) in [6, 6.07) is 9.51. The van der Waals surface area contributed by atoms with Gasteiger partial charge in [0.15, 0.2) is 6.61 Å². The van der Waals surface area contributed by atoms with Crippen molar-refractivity contribution in [3.63, 3.8) is 0 Å². The third-order valence-corrected chi connectivity index (χ3v) is 3.51. The van der Waals surface area contributed by atoms with Crippen molar-refractivity contribution in [3.8, 4) is 5.88 Å². The van der Waals surface area contributed by atoms with Crippen LogP contribution >= 0.6 is 0 Å². The number of pyridine rings is 1. The summed E-state index contributed by atoms with van der Waals surface area (Å²) in [7, 11) is 0. The van der Waals surface area contributed by atoms with Crippen molar-refractivity contribution in [1.82, 2.24) is 20.8 Å². The number of amides is 2. The van der Waals surface area contributed by atoms with Gasteiger partial charge in [0.1, 0.15) is 0 Å². The molecule has 27 heavy (non-hydrogen) atoms. The molecule has 2 amide bonds. The molecule has 0 aliphatic heterocycles. The Hall–Kier alpha value is -3.56. The van der Waals surface area contributed by atoms with Gasteiger partial charge in [0.05, 0.1) is 11.1 Å². The predicted molar refractivity (Wildman–Crippen MR) is 89.0 cm³/mol. The molecule has 10 heteroatoms. The minimum absolute atomic E-state index is 0.0357. The Labute approximate surface area is 150 Å². The summed E-state index contributed by atoms with van der Waals surface area (Å²) in [5.74, 6) is -1.48. The number of fused-ring (bicyclic) bond motifs is 1. The molecule has 3 aromatic rings. The van der Waals surface area contributed by atoms with Gasteiger partial charge in [-0.1, -0.05) is 18.2 Å². The number of aromatic nitrogens is 2. The van der Waals surface area contributed by atoms with Crippen molar-refractivity contribution in [2.75, 3.05) is 6.61 Å². The van der Waals surface area contributed by atoms with Crippen LogP contribution in [0.2, 0.25) is 0 Å². The summed E-state index contributed by atoms with van der Waals surface area (Å²) in [6.45, 7) is -1.48. The zero-order valence-electron chi connectivity index (χ0n) is 13.6. The van der Waals surface area contributed by atoms with E-state index in [1.807, 2.05) is 6.07 Å². The SMILES string of the molecule is O=C(NNC(=O)c1c[nH]c2ccccc12)c1ccc(OCC(F)(F)F)nc1. The molecule has 0 aliphatic rings. The number of benzene rings is 1. The number of alkyl halides is 3. The number of nitrogens with one attached hydrogen (secondary N) is 3. The topological polar surface area (TPSA) is 96.1 Å². The number of H-pyrrole nitrogens is 1. The van der Waals surface area contributed by atoms with Crippen LogP contribution in [0.15, 0.2) is 48.8 Å². The minimum Gasteiger partial charge on any atom is -0.468 e. The van der Waals surface area contributed by atoms with Gasteiger partial charge in [-0.25, -0.2) is 4.98 Å². The summed E-state index contributed by atoms with van der Waals surface area (Å²) < 4.78 is 40.7. The molecule has 0 bridgehead atoms. The Morgan fingerprint density at radius 3 is 2.52 bits per heavy atom. The van der Waals surface area contributed by atoms with E-state index in [1.165, 1.54) is 12.3 Å². The molecule has 0 saturated carbocycles. The number of carbonyl (C=O) groups is 2. The number of hydrazine groups is 1. The van der Waals surface area contributed by atoms with E-state index in [9.17, 15) is 22.8 Å². The van der Waals surface area contributed by atoms with Gasteiger partial charge < -0.3 is 9.72 Å². The fraction of sp³-hybridized carbons (Fsp3) is 0.118. The van der Waals surface area contributed by atoms with E-state index in [4.69, 9.17) is 0 Å². The molecule has 140 valence electrons. The number of ether oxygens (including phenoxy) is 1. The molecule has 0 unspecified atom stereocenters. The Balaban J connectivity index is 1.58. The van der Waals surface area contributed by atoms with Crippen molar-refractivity contribution in [1.29, 1.82) is 0 Å². The maximum Gasteiger partial charge on any atom is 0.422 e. The van der Waals surface area contributed by atoms with Crippen LogP contribution in [0.4, 0.5) is 13.2 Å². The molecule has 0 radical (unpaired) electrons. The molecule has 3 N–H and O–H groups in total. The molecule has 3 rings (SSSR count). The first-order valence-electron chi connectivity index (χ1n) is 7.66. The second kappa shape index (κ2) is 7.36. The summed E-state index contributed by atoms with van der Waals surface area (Å²) in [5, 5.41) is 0.692. The summed E-state index contributed by atoms with van der Waals surface area (Å²) in [5.41, 5.74) is 5.64. The number of nitrogens with zero attached hydrogens (tertiary/aromatic N) is 1. The van der Waals surface area contributed by atoms with Crippen LogP contribution in [0.5, 0.6) is 5.88 Å². The van der Waals surface area contributed by atoms with Gasteiger partial charge >= 0.3 is 6.18 Å². The van der Waals surface area contributed by atoms with Crippen LogP contribution in [0, 0.1) is 0 Å². The van der Waals surface area contributed by atoms with E-state index >= 15 is 0 Å². The van der Waals surface area contributed by atoms with Gasteiger partial charge in [0, 0.05) is 29.4 Å². The van der Waals surface area contributed by atoms with E-state index in [2.05, 4.69) is 25.6 Å². The number of hydrogen-bond donors (Lipinski definition) is 3. The van der Waals surface area contributed by atoms with Gasteiger partial charge in [0.2, 0.25) is 5.88 Å². The first-order valence-corrected chi connectivity index (χ1v) is 7.66. The van der Waals surface area contributed by atoms with Crippen molar-refractivity contribution < 1.29 is 27.5 Å². The lowest BCUT2D eigenvalue weighted by atomic mass is 10.2. The van der Waals surface area contributed by atoms with Crippen molar-refractivity contribution in [2.45, 2.75) is 6.18 Å². The Kier molecular flexibility index (Phi) is 4.97. The third-order valence-electron chi connectivity index (χ3n) is 3.51. The van der Waals surface area contributed by atoms with Gasteiger partial charge in [0.25, 0.3) is 11.8 Å². The standard InChI is InChI=1S/C17H13F3N4O3/c18-17(19,20)9-27-14-6-5-10(7-22-14)15(25)23-24-16(26)12-8-21-13-4-2-1-3-11(12)13/h1-8,21H,9H2,(H,23,25)(H,24,26). The molecule has 0 saturated heterocycles. The number of halogens is 3. The fourth-order valence-electron chi connectivity index (χ4n) is 2.27. The van der Waals surface area contributed by atoms with E-state index in [0.717, 1.165) is 17.8 Å². The highest BCUT2D eigenvalue weighted by atomic mass is 19.4. The lowest BCUT2D eigenvalue weighted by Gasteiger charge is -2.09. The van der Waals surface area contributed by atoms with Crippen molar-refractivity contribution in [2.24, 2.45) is 0 Å². The number of aromatic amines is 1. The van der Waals surface area contributed by atoms with Crippen LogP contribution in [0.25, 0.3) is 10.9 Å². The average Bonchev–Trinajstić information content (AvgIpc) is 3.08. The molecule has 7 nitrogen and oxygen atoms in total. The first-order chi connectivity index (χ1) is 12.8. The van der Waals surface area contributed by atoms with Crippen molar-refractivity contribution >= 4 is 22.7 Å². The second-order valence-electron chi connectivity index (χ2n) is 5.45. The Morgan fingerprint density at radius 2 is 1.81 bits per heavy atom. The number of carbonyl (C=O) groups excluding carboxylic acids is 2. The monoisotopic (exact) mass is 378 g/mol. The maximum atomic E-state index is 12.2. The van der Waals surface area contributed by atoms with Gasteiger partial charge in [-0.05, 0) is 12.1 Å². The molecule has 0 aliphatic carbocycles. The molecule has 0 atom stereocenters. The zero-order chi connectivity index (χ0) is 19.4. The predicted octanol–water partition coefficient (Wildman–Crippen LogP) is 2.58. The van der Waals surface area contributed by atoms with Crippen LogP contribution in [-0.2, 0) is 0 Å². The smallest absolute Gasteiger partial charge is 0.422 e. The van der Waals surface area contributed by atoms with Crippen LogP contribution in [-0.4, -0.2) is 34.6 Å². The highest BCUT2D eigenvalue weighted by Crippen LogP contribution is 2.18. The Bertz CT molecular complexity index is 967. The Morgan fingerprint density at radius 1 is 1.07 bits per heavy atom. The highest BCUT2D eigenvalue weighted by Gasteiger charge is 2.28. The molecule has 2 heterocycles. The fourth-order valence-corrected chi connectivity index (χ4v) is 2.27. The summed E-state index contributed by atoms with van der Waals surface area (Å²) in [6.07, 6.45) is -1.93. The quantitative estimate of drug-likeness (QED) is 0.608. The molecular formula is C17H13F3N4O3. The minimum atomic E-state index is -4.48. The van der Waals surface area contributed by atoms with Gasteiger partial charge in [-0.2, -0.15) is 13.2 Å². The van der Waals surface area contributed by atoms with Crippen LogP contribution in [0.3, 0.4) is 0 Å². The number of rotatable bonds is 4. The molecule has 2 aromatic heterocycles. The summed E-state index contributed by atoms with van der Waals surface area (Å²) >= 11 is 0. The first kappa shape index (κ1) is 18.2. The molecular weight excluding hydrogens is 365 g/mol. The zero-order valence-corrected chi connectivity index (χ0v) is 13.6.